The van der Waals surface area contributed by atoms with Crippen molar-refractivity contribution < 1.29 is 4.39 Å². The third kappa shape index (κ3) is 4.51. The Labute approximate surface area is 166 Å². The summed E-state index contributed by atoms with van der Waals surface area (Å²) >= 11 is 0. The van der Waals surface area contributed by atoms with Crippen LogP contribution < -0.4 is 10.6 Å². The number of rotatable bonds is 4. The first-order valence-electron chi connectivity index (χ1n) is 8.39. The lowest BCUT2D eigenvalue weighted by Gasteiger charge is -2.31. The van der Waals surface area contributed by atoms with E-state index in [9.17, 15) is 4.39 Å². The summed E-state index contributed by atoms with van der Waals surface area (Å²) in [5.41, 5.74) is 4.44. The normalized spacial score (nSPS) is 17.0. The fraction of sp³-hybridized carbons (Fsp3) is 0.350. The van der Waals surface area contributed by atoms with Gasteiger partial charge in [-0.25, -0.2) is 4.39 Å². The Morgan fingerprint density at radius 2 is 2.04 bits per heavy atom. The molecular formula is C20H25FIN3. The Balaban J connectivity index is 0.00000225. The highest BCUT2D eigenvalue weighted by Gasteiger charge is 2.25. The number of guanidine groups is 1. The number of aliphatic imine (C=N–C) groups is 1. The molecule has 3 nitrogen and oxygen atoms in total. The molecule has 2 N–H and O–H groups in total. The first-order valence-corrected chi connectivity index (χ1v) is 8.39. The van der Waals surface area contributed by atoms with Crippen molar-refractivity contribution in [3.63, 3.8) is 0 Å². The maximum absolute atomic E-state index is 13.7. The number of nitrogens with zero attached hydrogens (tertiary/aromatic N) is 1. The summed E-state index contributed by atoms with van der Waals surface area (Å²) in [4.78, 5) is 4.28. The van der Waals surface area contributed by atoms with Gasteiger partial charge in [-0.2, -0.15) is 0 Å². The summed E-state index contributed by atoms with van der Waals surface area (Å²) in [7, 11) is 1.76. The van der Waals surface area contributed by atoms with Gasteiger partial charge in [0.25, 0.3) is 0 Å². The van der Waals surface area contributed by atoms with Crippen LogP contribution in [0.3, 0.4) is 0 Å². The van der Waals surface area contributed by atoms with E-state index in [4.69, 9.17) is 0 Å². The summed E-state index contributed by atoms with van der Waals surface area (Å²) in [6.45, 7) is 4.63. The fourth-order valence-corrected chi connectivity index (χ4v) is 3.13. The van der Waals surface area contributed by atoms with Gasteiger partial charge in [0.2, 0.25) is 0 Å². The molecule has 3 rings (SSSR count). The molecule has 2 aromatic rings. The average Bonchev–Trinajstić information content (AvgIpc) is 2.56. The molecule has 0 aliphatic heterocycles. The number of halogens is 2. The summed E-state index contributed by atoms with van der Waals surface area (Å²) in [5.74, 6) is 1.11. The Bertz CT molecular complexity index is 760. The third-order valence-electron chi connectivity index (χ3n) is 4.75. The van der Waals surface area contributed by atoms with Crippen LogP contribution in [0.15, 0.2) is 47.5 Å². The molecule has 0 heterocycles. The van der Waals surface area contributed by atoms with Gasteiger partial charge in [-0.1, -0.05) is 36.4 Å². The quantitative estimate of drug-likeness (QED) is 0.411. The highest BCUT2D eigenvalue weighted by atomic mass is 127. The molecular weight excluding hydrogens is 428 g/mol. The largest absolute Gasteiger partial charge is 0.356 e. The molecule has 1 aliphatic carbocycles. The highest BCUT2D eigenvalue weighted by molar-refractivity contribution is 14.0. The lowest BCUT2D eigenvalue weighted by atomic mass is 9.78. The zero-order valence-corrected chi connectivity index (χ0v) is 17.2. The second-order valence-electron chi connectivity index (χ2n) is 6.43. The number of benzene rings is 2. The zero-order valence-electron chi connectivity index (χ0n) is 14.8. The van der Waals surface area contributed by atoms with Crippen LogP contribution in [0.25, 0.3) is 0 Å². The molecule has 134 valence electrons. The van der Waals surface area contributed by atoms with E-state index in [0.29, 0.717) is 11.5 Å². The topological polar surface area (TPSA) is 36.4 Å². The van der Waals surface area contributed by atoms with Crippen LogP contribution in [-0.4, -0.2) is 19.6 Å². The molecule has 0 fully saturated rings. The van der Waals surface area contributed by atoms with Gasteiger partial charge < -0.3 is 10.6 Å². The van der Waals surface area contributed by atoms with Crippen molar-refractivity contribution >= 4 is 29.9 Å². The van der Waals surface area contributed by atoms with Crippen LogP contribution in [0.4, 0.5) is 4.39 Å². The van der Waals surface area contributed by atoms with Gasteiger partial charge >= 0.3 is 0 Å². The Morgan fingerprint density at radius 1 is 1.28 bits per heavy atom. The lowest BCUT2D eigenvalue weighted by Crippen LogP contribution is -2.42. The molecule has 0 bridgehead atoms. The van der Waals surface area contributed by atoms with Gasteiger partial charge in [-0.3, -0.25) is 4.99 Å². The van der Waals surface area contributed by atoms with Gasteiger partial charge in [-0.15, -0.1) is 24.0 Å². The summed E-state index contributed by atoms with van der Waals surface area (Å²) in [6.07, 6.45) is 1.11. The lowest BCUT2D eigenvalue weighted by molar-refractivity contribution is 0.575. The van der Waals surface area contributed by atoms with Crippen molar-refractivity contribution in [1.29, 1.82) is 0 Å². The van der Waals surface area contributed by atoms with E-state index in [1.54, 1.807) is 20.0 Å². The minimum atomic E-state index is -0.171. The predicted octanol–water partition coefficient (Wildman–Crippen LogP) is 4.32. The van der Waals surface area contributed by atoms with Crippen molar-refractivity contribution in [2.24, 2.45) is 4.99 Å². The number of hydrogen-bond donors (Lipinski definition) is 2. The van der Waals surface area contributed by atoms with E-state index in [2.05, 4.69) is 39.9 Å². The van der Waals surface area contributed by atoms with Crippen LogP contribution in [0.2, 0.25) is 0 Å². The van der Waals surface area contributed by atoms with Crippen molar-refractivity contribution in [2.75, 3.05) is 13.6 Å². The summed E-state index contributed by atoms with van der Waals surface area (Å²) in [5, 5.41) is 6.71. The van der Waals surface area contributed by atoms with E-state index in [0.717, 1.165) is 24.5 Å². The van der Waals surface area contributed by atoms with Gasteiger partial charge in [0.05, 0.1) is 6.04 Å². The number of hydrogen-bond acceptors (Lipinski definition) is 1. The second-order valence-corrected chi connectivity index (χ2v) is 6.43. The zero-order chi connectivity index (χ0) is 17.1. The van der Waals surface area contributed by atoms with Crippen molar-refractivity contribution in [3.05, 3.63) is 70.5 Å². The monoisotopic (exact) mass is 453 g/mol. The molecule has 0 saturated heterocycles. The molecule has 2 aromatic carbocycles. The van der Waals surface area contributed by atoms with Crippen LogP contribution in [0.5, 0.6) is 0 Å². The summed E-state index contributed by atoms with van der Waals surface area (Å²) in [6, 6.07) is 13.9. The standard InChI is InChI=1S/C20H24FN3.HI/c1-13-8-9-15(11-19(13)21)14(2)24-20(22-3)23-12-17-10-16-6-4-5-7-18(16)17;/h4-9,11,14,17H,10,12H2,1-3H3,(H2,22,23,24);1H. The molecule has 2 atom stereocenters. The van der Waals surface area contributed by atoms with Crippen LogP contribution >= 0.6 is 24.0 Å². The SMILES string of the molecule is CN=C(NCC1Cc2ccccc21)NC(C)c1ccc(C)c(F)c1.I. The van der Waals surface area contributed by atoms with E-state index in [1.165, 1.54) is 11.1 Å². The first-order chi connectivity index (χ1) is 11.6. The van der Waals surface area contributed by atoms with Crippen molar-refractivity contribution in [1.82, 2.24) is 10.6 Å². The maximum Gasteiger partial charge on any atom is 0.191 e. The number of fused-ring (bicyclic) bond motifs is 1. The van der Waals surface area contributed by atoms with Crippen molar-refractivity contribution in [3.8, 4) is 0 Å². The molecule has 1 aliphatic rings. The van der Waals surface area contributed by atoms with Crippen molar-refractivity contribution in [2.45, 2.75) is 32.2 Å². The van der Waals surface area contributed by atoms with E-state index >= 15 is 0 Å². The molecule has 0 spiro atoms. The average molecular weight is 453 g/mol. The molecule has 0 amide bonds. The Kier molecular flexibility index (Phi) is 6.81. The minimum Gasteiger partial charge on any atom is -0.356 e. The predicted molar refractivity (Wildman–Crippen MR) is 112 cm³/mol. The molecule has 0 radical (unpaired) electrons. The fourth-order valence-electron chi connectivity index (χ4n) is 3.13. The minimum absolute atomic E-state index is 0. The molecule has 5 heteroatoms. The van der Waals surface area contributed by atoms with Crippen LogP contribution in [0, 0.1) is 12.7 Å². The number of nitrogens with one attached hydrogen (secondary N) is 2. The maximum atomic E-state index is 13.7. The summed E-state index contributed by atoms with van der Waals surface area (Å²) < 4.78 is 13.7. The van der Waals surface area contributed by atoms with E-state index in [-0.39, 0.29) is 35.8 Å². The second kappa shape index (κ2) is 8.65. The van der Waals surface area contributed by atoms with E-state index < -0.39 is 0 Å². The first kappa shape index (κ1) is 19.7. The Morgan fingerprint density at radius 3 is 2.72 bits per heavy atom. The molecule has 25 heavy (non-hydrogen) atoms. The molecule has 2 unspecified atom stereocenters. The third-order valence-corrected chi connectivity index (χ3v) is 4.75. The van der Waals surface area contributed by atoms with E-state index in [1.807, 2.05) is 19.1 Å². The smallest absolute Gasteiger partial charge is 0.191 e. The highest BCUT2D eigenvalue weighted by Crippen LogP contribution is 2.33. The molecule has 0 saturated carbocycles. The van der Waals surface area contributed by atoms with Gasteiger partial charge in [0, 0.05) is 19.5 Å². The van der Waals surface area contributed by atoms with Crippen LogP contribution in [-0.2, 0) is 6.42 Å². The number of aryl methyl sites for hydroxylation is 1. The van der Waals surface area contributed by atoms with Gasteiger partial charge in [-0.05, 0) is 48.6 Å². The van der Waals surface area contributed by atoms with Gasteiger partial charge in [0.15, 0.2) is 5.96 Å². The van der Waals surface area contributed by atoms with Gasteiger partial charge in [0.1, 0.15) is 5.82 Å². The van der Waals surface area contributed by atoms with Crippen LogP contribution in [0.1, 0.15) is 41.1 Å². The molecule has 0 aromatic heterocycles. The Hall–Kier alpha value is -1.63.